The lowest BCUT2D eigenvalue weighted by Crippen LogP contribution is -2.46. The van der Waals surface area contributed by atoms with Gasteiger partial charge in [0, 0.05) is 11.1 Å². The highest BCUT2D eigenvalue weighted by Gasteiger charge is 2.51. The number of rotatable bonds is 2. The number of carbonyl (C=O) groups excluding carboxylic acids is 1. The molecule has 0 spiro atoms. The molecule has 0 bridgehead atoms. The van der Waals surface area contributed by atoms with E-state index in [1.165, 1.54) is 11.0 Å². The quantitative estimate of drug-likeness (QED) is 0.778. The molecule has 2 heterocycles. The van der Waals surface area contributed by atoms with Gasteiger partial charge < -0.3 is 19.3 Å². The van der Waals surface area contributed by atoms with Crippen LogP contribution >= 0.6 is 0 Å². The highest BCUT2D eigenvalue weighted by Crippen LogP contribution is 2.40. The first-order chi connectivity index (χ1) is 13.1. The van der Waals surface area contributed by atoms with Crippen LogP contribution in [0.1, 0.15) is 31.2 Å². The Morgan fingerprint density at radius 3 is 2.68 bits per heavy atom. The Kier molecular flexibility index (Phi) is 4.11. The third kappa shape index (κ3) is 3.19. The van der Waals surface area contributed by atoms with E-state index in [1.807, 2.05) is 0 Å². The number of benzene rings is 1. The summed E-state index contributed by atoms with van der Waals surface area (Å²) in [6.07, 6.45) is -4.11. The molecule has 0 unspecified atom stereocenters. The summed E-state index contributed by atoms with van der Waals surface area (Å²) in [5.41, 5.74) is -1.40. The lowest BCUT2D eigenvalue weighted by Gasteiger charge is -2.28. The zero-order chi connectivity index (χ0) is 20.3. The van der Waals surface area contributed by atoms with E-state index in [0.29, 0.717) is 12.8 Å². The second-order valence-corrected chi connectivity index (χ2v) is 6.98. The van der Waals surface area contributed by atoms with Crippen LogP contribution in [-0.2, 0) is 17.5 Å². The molecule has 1 amide bonds. The molecule has 1 N–H and O–H groups in total. The number of carbonyl (C=O) groups is 1. The highest BCUT2D eigenvalue weighted by atomic mass is 19.4. The van der Waals surface area contributed by atoms with E-state index in [2.05, 4.69) is 14.7 Å². The topological polar surface area (TPSA) is 88.7 Å². The number of nitrogens with zero attached hydrogens (tertiary/aromatic N) is 3. The fourth-order valence-corrected chi connectivity index (χ4v) is 2.98. The number of hydrogen-bond acceptors (Lipinski definition) is 6. The number of fused-ring (bicyclic) bond motifs is 1. The van der Waals surface area contributed by atoms with Gasteiger partial charge in [0.25, 0.3) is 5.91 Å². The van der Waals surface area contributed by atoms with Gasteiger partial charge in [-0.1, -0.05) is 5.16 Å². The van der Waals surface area contributed by atoms with E-state index < -0.39 is 41.3 Å². The Labute approximate surface area is 155 Å². The average Bonchev–Trinajstić information content (AvgIpc) is 3.21. The van der Waals surface area contributed by atoms with E-state index >= 15 is 0 Å². The predicted octanol–water partition coefficient (Wildman–Crippen LogP) is 2.53. The van der Waals surface area contributed by atoms with Crippen molar-refractivity contribution >= 4 is 5.91 Å². The first kappa shape index (κ1) is 18.7. The van der Waals surface area contributed by atoms with Gasteiger partial charge in [0.2, 0.25) is 5.82 Å². The van der Waals surface area contributed by atoms with Gasteiger partial charge in [0.1, 0.15) is 23.8 Å². The van der Waals surface area contributed by atoms with Gasteiger partial charge in [-0.05, 0) is 31.9 Å². The number of alkyl halides is 3. The summed E-state index contributed by atoms with van der Waals surface area (Å²) in [5.74, 6) is -3.19. The van der Waals surface area contributed by atoms with Crippen molar-refractivity contribution in [1.29, 1.82) is 0 Å². The Morgan fingerprint density at radius 1 is 1.36 bits per heavy atom. The minimum atomic E-state index is -4.81. The smallest absolute Gasteiger partial charge is 0.471 e. The number of amides is 1. The van der Waals surface area contributed by atoms with E-state index in [-0.39, 0.29) is 30.0 Å². The zero-order valence-electron chi connectivity index (χ0n) is 14.6. The van der Waals surface area contributed by atoms with Crippen LogP contribution in [0.15, 0.2) is 16.7 Å². The number of hydrogen-bond donors (Lipinski definition) is 1. The Bertz CT molecular complexity index is 939. The van der Waals surface area contributed by atoms with Crippen molar-refractivity contribution in [3.63, 3.8) is 0 Å². The minimum Gasteiger partial charge on any atom is -0.491 e. The molecule has 2 aliphatic rings. The Morgan fingerprint density at radius 2 is 2.07 bits per heavy atom. The second kappa shape index (κ2) is 6.16. The van der Waals surface area contributed by atoms with Gasteiger partial charge in [0.05, 0.1) is 12.6 Å². The molecule has 2 aromatic rings. The van der Waals surface area contributed by atoms with Crippen LogP contribution in [0.3, 0.4) is 0 Å². The highest BCUT2D eigenvalue weighted by molar-refractivity contribution is 5.88. The van der Waals surface area contributed by atoms with Crippen LogP contribution in [-0.4, -0.2) is 44.3 Å². The average molecular weight is 401 g/mol. The van der Waals surface area contributed by atoms with Crippen molar-refractivity contribution in [2.75, 3.05) is 6.61 Å². The summed E-state index contributed by atoms with van der Waals surface area (Å²) in [6, 6.07) is 1.82. The van der Waals surface area contributed by atoms with E-state index in [9.17, 15) is 27.5 Å². The molecule has 0 saturated heterocycles. The maximum Gasteiger partial charge on any atom is 0.471 e. The van der Waals surface area contributed by atoms with Crippen LogP contribution in [0.5, 0.6) is 5.75 Å². The van der Waals surface area contributed by atoms with Crippen molar-refractivity contribution in [3.8, 4) is 17.1 Å². The lowest BCUT2D eigenvalue weighted by molar-refractivity contribution is -0.159. The van der Waals surface area contributed by atoms with Crippen LogP contribution in [0.25, 0.3) is 11.4 Å². The predicted molar refractivity (Wildman–Crippen MR) is 84.4 cm³/mol. The van der Waals surface area contributed by atoms with Gasteiger partial charge in [-0.25, -0.2) is 4.39 Å². The molecule has 1 aliphatic carbocycles. The maximum atomic E-state index is 14.7. The first-order valence-electron chi connectivity index (χ1n) is 8.48. The zero-order valence-corrected chi connectivity index (χ0v) is 14.6. The molecule has 1 fully saturated rings. The van der Waals surface area contributed by atoms with Crippen molar-refractivity contribution < 1.29 is 36.7 Å². The molecular formula is C17H15F4N3O4. The van der Waals surface area contributed by atoms with Crippen molar-refractivity contribution in [3.05, 3.63) is 29.4 Å². The van der Waals surface area contributed by atoms with E-state index in [1.54, 1.807) is 6.92 Å². The molecule has 1 aliphatic heterocycles. The van der Waals surface area contributed by atoms with E-state index in [4.69, 9.17) is 4.74 Å². The molecular weight excluding hydrogens is 386 g/mol. The van der Waals surface area contributed by atoms with Crippen molar-refractivity contribution in [2.45, 2.75) is 44.1 Å². The Hall–Kier alpha value is -2.69. The molecule has 28 heavy (non-hydrogen) atoms. The van der Waals surface area contributed by atoms with Crippen LogP contribution in [0.2, 0.25) is 0 Å². The molecule has 150 valence electrons. The molecule has 4 rings (SSSR count). The summed E-state index contributed by atoms with van der Waals surface area (Å²) in [5, 5.41) is 13.3. The minimum absolute atomic E-state index is 0.0256. The summed E-state index contributed by atoms with van der Waals surface area (Å²) in [6.45, 7) is 1.59. The number of ether oxygens (including phenoxy) is 1. The third-order valence-corrected chi connectivity index (χ3v) is 4.80. The summed E-state index contributed by atoms with van der Waals surface area (Å²) in [7, 11) is 0. The summed E-state index contributed by atoms with van der Waals surface area (Å²) >= 11 is 0. The number of aliphatic hydroxyl groups is 1. The lowest BCUT2D eigenvalue weighted by atomic mass is 10.1. The second-order valence-electron chi connectivity index (χ2n) is 6.98. The monoisotopic (exact) mass is 401 g/mol. The van der Waals surface area contributed by atoms with E-state index in [0.717, 1.165) is 6.07 Å². The molecule has 0 radical (unpaired) electrons. The summed E-state index contributed by atoms with van der Waals surface area (Å²) in [4.78, 5) is 17.1. The number of aromatic nitrogens is 2. The van der Waals surface area contributed by atoms with Crippen LogP contribution in [0, 0.1) is 5.82 Å². The third-order valence-electron chi connectivity index (χ3n) is 4.80. The fourth-order valence-electron chi connectivity index (χ4n) is 2.98. The van der Waals surface area contributed by atoms with Gasteiger partial charge in [-0.15, -0.1) is 0 Å². The molecule has 7 nitrogen and oxygen atoms in total. The Balaban J connectivity index is 1.67. The SMILES string of the molecule is C[C@@H]1COc2cc(-c3noc(C(F)(F)F)n3)cc(F)c2CN1C(=O)C1(O)CC1. The molecule has 1 atom stereocenters. The standard InChI is InChI=1S/C17H15F4N3O4/c1-8-7-27-12-5-9(13-22-14(28-23-13)17(19,20)21)4-11(18)10(12)6-24(8)15(25)16(26)2-3-16/h4-5,8,26H,2-3,6-7H2,1H3/t8-/m1/s1. The van der Waals surface area contributed by atoms with Gasteiger partial charge >= 0.3 is 12.1 Å². The van der Waals surface area contributed by atoms with Gasteiger partial charge in [0.15, 0.2) is 0 Å². The molecule has 1 aromatic heterocycles. The normalized spacial score (nSPS) is 20.9. The first-order valence-corrected chi connectivity index (χ1v) is 8.48. The molecule has 11 heteroatoms. The van der Waals surface area contributed by atoms with Crippen LogP contribution < -0.4 is 4.74 Å². The van der Waals surface area contributed by atoms with Crippen molar-refractivity contribution in [2.24, 2.45) is 0 Å². The van der Waals surface area contributed by atoms with Gasteiger partial charge in [-0.3, -0.25) is 4.79 Å². The maximum absolute atomic E-state index is 14.7. The summed E-state index contributed by atoms with van der Waals surface area (Å²) < 4.78 is 62.4. The molecule has 1 aromatic carbocycles. The fraction of sp³-hybridized carbons (Fsp3) is 0.471. The van der Waals surface area contributed by atoms with Crippen molar-refractivity contribution in [1.82, 2.24) is 15.0 Å². The van der Waals surface area contributed by atoms with Gasteiger partial charge in [-0.2, -0.15) is 18.2 Å². The molecule has 1 saturated carbocycles. The van der Waals surface area contributed by atoms with Crippen LogP contribution in [0.4, 0.5) is 17.6 Å². The largest absolute Gasteiger partial charge is 0.491 e. The number of halogens is 4.